The predicted molar refractivity (Wildman–Crippen MR) is 115 cm³/mol. The molecule has 3 heteroatoms. The third kappa shape index (κ3) is 3.85. The van der Waals surface area contributed by atoms with Gasteiger partial charge in [-0.15, -0.1) is 0 Å². The van der Waals surface area contributed by atoms with Crippen molar-refractivity contribution in [3.63, 3.8) is 0 Å². The average molecular weight is 375 g/mol. The smallest absolute Gasteiger partial charge is 0.118 e. The lowest BCUT2D eigenvalue weighted by molar-refractivity contribution is 0.220. The van der Waals surface area contributed by atoms with E-state index in [1.54, 1.807) is 7.11 Å². The molecule has 28 heavy (non-hydrogen) atoms. The van der Waals surface area contributed by atoms with E-state index in [1.807, 2.05) is 0 Å². The van der Waals surface area contributed by atoms with Crippen LogP contribution < -0.4 is 4.74 Å². The first-order chi connectivity index (χ1) is 13.7. The van der Waals surface area contributed by atoms with Crippen molar-refractivity contribution in [1.29, 1.82) is 0 Å². The lowest BCUT2D eigenvalue weighted by atomic mass is 9.96. The molecule has 1 aliphatic rings. The second kappa shape index (κ2) is 8.24. The fourth-order valence-electron chi connectivity index (χ4n) is 4.22. The lowest BCUT2D eigenvalue weighted by Gasteiger charge is -2.31. The van der Waals surface area contributed by atoms with Crippen molar-refractivity contribution in [3.8, 4) is 5.75 Å². The third-order valence-electron chi connectivity index (χ3n) is 5.82. The van der Waals surface area contributed by atoms with E-state index in [0.29, 0.717) is 5.92 Å². The highest BCUT2D eigenvalue weighted by molar-refractivity contribution is 5.34. The van der Waals surface area contributed by atoms with Crippen molar-refractivity contribution < 1.29 is 4.74 Å². The van der Waals surface area contributed by atoms with Gasteiger partial charge >= 0.3 is 0 Å². The number of aromatic nitrogens is 1. The third-order valence-corrected chi connectivity index (χ3v) is 5.82. The van der Waals surface area contributed by atoms with Gasteiger partial charge in [-0.05, 0) is 53.3 Å². The van der Waals surface area contributed by atoms with E-state index in [9.17, 15) is 0 Å². The van der Waals surface area contributed by atoms with Crippen molar-refractivity contribution in [2.24, 2.45) is 0 Å². The number of rotatable bonds is 5. The van der Waals surface area contributed by atoms with E-state index in [2.05, 4.69) is 90.2 Å². The fourth-order valence-corrected chi connectivity index (χ4v) is 4.22. The summed E-state index contributed by atoms with van der Waals surface area (Å²) in [7, 11) is 1.72. The van der Waals surface area contributed by atoms with Crippen LogP contribution in [0.25, 0.3) is 0 Å². The molecule has 4 rings (SSSR count). The summed E-state index contributed by atoms with van der Waals surface area (Å²) in [6.45, 7) is 7.61. The van der Waals surface area contributed by atoms with Crippen LogP contribution in [0.3, 0.4) is 0 Å². The zero-order valence-electron chi connectivity index (χ0n) is 17.1. The van der Waals surface area contributed by atoms with Gasteiger partial charge in [0.2, 0.25) is 0 Å². The number of benzene rings is 2. The molecule has 0 saturated heterocycles. The molecule has 1 aromatic heterocycles. The van der Waals surface area contributed by atoms with Gasteiger partial charge < -0.3 is 9.30 Å². The molecular formula is C25H30N2O. The molecule has 3 nitrogen and oxygen atoms in total. The zero-order chi connectivity index (χ0) is 19.5. The van der Waals surface area contributed by atoms with Crippen LogP contribution in [0, 0.1) is 0 Å². The minimum atomic E-state index is 0.279. The summed E-state index contributed by atoms with van der Waals surface area (Å²) >= 11 is 0. The molecule has 0 amide bonds. The van der Waals surface area contributed by atoms with Crippen molar-refractivity contribution in [3.05, 3.63) is 89.2 Å². The molecular weight excluding hydrogens is 344 g/mol. The van der Waals surface area contributed by atoms with E-state index >= 15 is 0 Å². The molecule has 146 valence electrons. The van der Waals surface area contributed by atoms with Crippen molar-refractivity contribution in [2.45, 2.75) is 45.3 Å². The Hall–Kier alpha value is -2.52. The van der Waals surface area contributed by atoms with Crippen LogP contribution in [-0.2, 0) is 13.1 Å². The minimum Gasteiger partial charge on any atom is -0.497 e. The average Bonchev–Trinajstić information content (AvgIpc) is 3.10. The van der Waals surface area contributed by atoms with Crippen LogP contribution in [-0.4, -0.2) is 23.1 Å². The van der Waals surface area contributed by atoms with Gasteiger partial charge in [0.05, 0.1) is 13.2 Å². The Bertz CT molecular complexity index is 893. The van der Waals surface area contributed by atoms with Crippen LogP contribution in [0.5, 0.6) is 5.75 Å². The van der Waals surface area contributed by atoms with Gasteiger partial charge in [0.25, 0.3) is 0 Å². The number of ether oxygens (including phenoxy) is 1. The first-order valence-corrected chi connectivity index (χ1v) is 10.3. The first-order valence-electron chi connectivity index (χ1n) is 10.3. The Morgan fingerprint density at radius 2 is 1.71 bits per heavy atom. The highest BCUT2D eigenvalue weighted by Crippen LogP contribution is 2.34. The van der Waals surface area contributed by atoms with Crippen molar-refractivity contribution >= 4 is 0 Å². The quantitative estimate of drug-likeness (QED) is 0.577. The van der Waals surface area contributed by atoms with Gasteiger partial charge in [-0.2, -0.15) is 0 Å². The normalized spacial score (nSPS) is 17.4. The van der Waals surface area contributed by atoms with Crippen LogP contribution in [0.15, 0.2) is 66.9 Å². The maximum Gasteiger partial charge on any atom is 0.118 e. The zero-order valence-corrected chi connectivity index (χ0v) is 17.1. The Labute approximate surface area is 168 Å². The molecule has 0 spiro atoms. The molecule has 1 atom stereocenters. The summed E-state index contributed by atoms with van der Waals surface area (Å²) < 4.78 is 7.74. The molecule has 1 aliphatic heterocycles. The molecule has 1 unspecified atom stereocenters. The van der Waals surface area contributed by atoms with E-state index in [1.165, 1.54) is 28.8 Å². The maximum absolute atomic E-state index is 5.32. The Morgan fingerprint density at radius 1 is 0.964 bits per heavy atom. The molecule has 3 aromatic rings. The maximum atomic E-state index is 5.32. The SMILES string of the molecule is COc1ccc(CN2CCCn3cccc3C2c2ccc(C(C)C)cc2)cc1. The predicted octanol–water partition coefficient (Wildman–Crippen LogP) is 5.62. The Balaban J connectivity index is 1.68. The molecule has 0 saturated carbocycles. The van der Waals surface area contributed by atoms with E-state index < -0.39 is 0 Å². The van der Waals surface area contributed by atoms with Crippen LogP contribution >= 0.6 is 0 Å². The molecule has 2 heterocycles. The largest absolute Gasteiger partial charge is 0.497 e. The second-order valence-corrected chi connectivity index (χ2v) is 8.02. The first kappa shape index (κ1) is 18.8. The number of hydrogen-bond donors (Lipinski definition) is 0. The number of aryl methyl sites for hydroxylation is 1. The van der Waals surface area contributed by atoms with Gasteiger partial charge in [-0.3, -0.25) is 4.90 Å². The second-order valence-electron chi connectivity index (χ2n) is 8.02. The molecule has 0 bridgehead atoms. The summed E-state index contributed by atoms with van der Waals surface area (Å²) in [5.74, 6) is 1.47. The van der Waals surface area contributed by atoms with Crippen LogP contribution in [0.1, 0.15) is 54.6 Å². The Morgan fingerprint density at radius 3 is 2.39 bits per heavy atom. The van der Waals surface area contributed by atoms with Gasteiger partial charge in [0, 0.05) is 31.5 Å². The number of hydrogen-bond acceptors (Lipinski definition) is 2. The van der Waals surface area contributed by atoms with Gasteiger partial charge in [-0.1, -0.05) is 50.2 Å². The monoisotopic (exact) mass is 374 g/mol. The highest BCUT2D eigenvalue weighted by atomic mass is 16.5. The van der Waals surface area contributed by atoms with E-state index in [-0.39, 0.29) is 6.04 Å². The molecule has 2 aromatic carbocycles. The topological polar surface area (TPSA) is 17.4 Å². The highest BCUT2D eigenvalue weighted by Gasteiger charge is 2.27. The molecule has 0 radical (unpaired) electrons. The Kier molecular flexibility index (Phi) is 5.54. The number of fused-ring (bicyclic) bond motifs is 1. The summed E-state index contributed by atoms with van der Waals surface area (Å²) in [6, 6.07) is 22.5. The van der Waals surface area contributed by atoms with Crippen molar-refractivity contribution in [1.82, 2.24) is 9.47 Å². The van der Waals surface area contributed by atoms with Crippen molar-refractivity contribution in [2.75, 3.05) is 13.7 Å². The fraction of sp³-hybridized carbons (Fsp3) is 0.360. The summed E-state index contributed by atoms with van der Waals surface area (Å²) in [5, 5.41) is 0. The summed E-state index contributed by atoms with van der Waals surface area (Å²) in [5.41, 5.74) is 5.49. The summed E-state index contributed by atoms with van der Waals surface area (Å²) in [6.07, 6.45) is 3.39. The minimum absolute atomic E-state index is 0.279. The van der Waals surface area contributed by atoms with E-state index in [4.69, 9.17) is 4.74 Å². The van der Waals surface area contributed by atoms with Gasteiger partial charge in [0.15, 0.2) is 0 Å². The van der Waals surface area contributed by atoms with Crippen LogP contribution in [0.2, 0.25) is 0 Å². The van der Waals surface area contributed by atoms with Gasteiger partial charge in [0.1, 0.15) is 5.75 Å². The summed E-state index contributed by atoms with van der Waals surface area (Å²) in [4.78, 5) is 2.62. The molecule has 0 aliphatic carbocycles. The molecule has 0 fully saturated rings. The number of methoxy groups -OCH3 is 1. The number of nitrogens with zero attached hydrogens (tertiary/aromatic N) is 2. The van der Waals surface area contributed by atoms with Gasteiger partial charge in [-0.25, -0.2) is 0 Å². The molecule has 0 N–H and O–H groups in total. The standard InChI is InChI=1S/C25H30N2O/c1-19(2)21-9-11-22(12-10-21)25-24-6-4-15-26(24)16-5-17-27(25)18-20-7-13-23(28-3)14-8-20/h4,6-15,19,25H,5,16-18H2,1-3H3. The van der Waals surface area contributed by atoms with Crippen LogP contribution in [0.4, 0.5) is 0 Å². The lowest BCUT2D eigenvalue weighted by Crippen LogP contribution is -2.29. The van der Waals surface area contributed by atoms with E-state index in [0.717, 1.165) is 25.4 Å².